The van der Waals surface area contributed by atoms with E-state index in [-0.39, 0.29) is 17.0 Å². The molecule has 0 saturated carbocycles. The Morgan fingerprint density at radius 3 is 2.70 bits per heavy atom. The Morgan fingerprint density at radius 1 is 1.55 bits per heavy atom. The molecule has 0 radical (unpaired) electrons. The van der Waals surface area contributed by atoms with E-state index in [0.717, 1.165) is 0 Å². The summed E-state index contributed by atoms with van der Waals surface area (Å²) in [5, 5.41) is 21.8. The van der Waals surface area contributed by atoms with Gasteiger partial charge < -0.3 is 10.4 Å². The molecule has 8 heteroatoms. The average molecular weight is 299 g/mol. The van der Waals surface area contributed by atoms with Crippen LogP contribution in [0.5, 0.6) is 0 Å². The van der Waals surface area contributed by atoms with Crippen molar-refractivity contribution in [2.45, 2.75) is 12.5 Å². The highest BCUT2D eigenvalue weighted by Gasteiger charge is 2.26. The number of carbonyl (C=O) groups excluding carboxylic acids is 1. The molecule has 20 heavy (non-hydrogen) atoms. The number of nitro groups is 1. The maximum Gasteiger partial charge on any atom is 0.326 e. The van der Waals surface area contributed by atoms with Crippen LogP contribution in [0, 0.1) is 10.1 Å². The normalized spacial score (nSPS) is 11.4. The monoisotopic (exact) mass is 298 g/mol. The second-order valence-corrected chi connectivity index (χ2v) is 4.19. The number of nitrogens with zero attached hydrogens (tertiary/aromatic N) is 1. The summed E-state index contributed by atoms with van der Waals surface area (Å²) in [5.74, 6) is -2.14. The molecule has 0 aliphatic heterocycles. The lowest BCUT2D eigenvalue weighted by atomic mass is 10.1. The molecule has 106 valence electrons. The zero-order chi connectivity index (χ0) is 15.3. The molecule has 2 N–H and O–H groups in total. The highest BCUT2D eigenvalue weighted by molar-refractivity contribution is 6.33. The third-order valence-electron chi connectivity index (χ3n) is 2.42. The van der Waals surface area contributed by atoms with Gasteiger partial charge in [0, 0.05) is 0 Å². The van der Waals surface area contributed by atoms with E-state index in [1.165, 1.54) is 24.3 Å². The maximum atomic E-state index is 11.9. The standard InChI is InChI=1S/C12H11ClN2O5/c1-2-4-9(12(17)18)14-11(16)7-5-3-6-8(13)10(7)15(19)20/h2-3,5-6,9H,1,4H2,(H,14,16)(H,17,18). The predicted octanol–water partition coefficient (Wildman–Crippen LogP) is 2.01. The molecule has 0 fully saturated rings. The Bertz CT molecular complexity index is 573. The van der Waals surface area contributed by atoms with Crippen LogP contribution in [0.15, 0.2) is 30.9 Å². The Kier molecular flexibility index (Phi) is 5.22. The molecule has 0 heterocycles. The van der Waals surface area contributed by atoms with Gasteiger partial charge in [-0.15, -0.1) is 6.58 Å². The summed E-state index contributed by atoms with van der Waals surface area (Å²) in [5.41, 5.74) is -0.854. The quantitative estimate of drug-likeness (QED) is 0.474. The van der Waals surface area contributed by atoms with Crippen LogP contribution in [0.25, 0.3) is 0 Å². The van der Waals surface area contributed by atoms with Crippen LogP contribution in [-0.2, 0) is 4.79 Å². The molecule has 7 nitrogen and oxygen atoms in total. The van der Waals surface area contributed by atoms with E-state index in [1.807, 2.05) is 0 Å². The number of rotatable bonds is 6. The van der Waals surface area contributed by atoms with E-state index < -0.39 is 28.5 Å². The fourth-order valence-corrected chi connectivity index (χ4v) is 1.75. The van der Waals surface area contributed by atoms with Crippen molar-refractivity contribution in [2.24, 2.45) is 0 Å². The highest BCUT2D eigenvalue weighted by Crippen LogP contribution is 2.28. The van der Waals surface area contributed by atoms with Crippen LogP contribution in [0.1, 0.15) is 16.8 Å². The van der Waals surface area contributed by atoms with Gasteiger partial charge in [-0.25, -0.2) is 4.79 Å². The summed E-state index contributed by atoms with van der Waals surface area (Å²) in [6, 6.07) is 2.63. The summed E-state index contributed by atoms with van der Waals surface area (Å²) >= 11 is 5.67. The lowest BCUT2D eigenvalue weighted by Crippen LogP contribution is -2.40. The molecule has 1 amide bonds. The van der Waals surface area contributed by atoms with Crippen molar-refractivity contribution < 1.29 is 19.6 Å². The SMILES string of the molecule is C=CCC(NC(=O)c1cccc(Cl)c1[N+](=O)[O-])C(=O)O. The minimum Gasteiger partial charge on any atom is -0.480 e. The van der Waals surface area contributed by atoms with E-state index >= 15 is 0 Å². The molecule has 0 aliphatic rings. The van der Waals surface area contributed by atoms with Gasteiger partial charge in [-0.1, -0.05) is 23.7 Å². The van der Waals surface area contributed by atoms with Gasteiger partial charge in [-0.2, -0.15) is 0 Å². The molecule has 0 spiro atoms. The van der Waals surface area contributed by atoms with E-state index in [2.05, 4.69) is 11.9 Å². The number of carboxylic acid groups (broad SMARTS) is 1. The topological polar surface area (TPSA) is 110 Å². The van der Waals surface area contributed by atoms with Crippen molar-refractivity contribution in [2.75, 3.05) is 0 Å². The maximum absolute atomic E-state index is 11.9. The molecule has 0 aliphatic carbocycles. The van der Waals surface area contributed by atoms with Crippen LogP contribution < -0.4 is 5.32 Å². The van der Waals surface area contributed by atoms with Gasteiger partial charge in [-0.3, -0.25) is 14.9 Å². The number of carbonyl (C=O) groups is 2. The number of hydrogen-bond donors (Lipinski definition) is 2. The number of benzene rings is 1. The fourth-order valence-electron chi connectivity index (χ4n) is 1.51. The van der Waals surface area contributed by atoms with E-state index in [9.17, 15) is 19.7 Å². The van der Waals surface area contributed by atoms with Crippen molar-refractivity contribution in [1.29, 1.82) is 0 Å². The van der Waals surface area contributed by atoms with Crippen molar-refractivity contribution in [3.8, 4) is 0 Å². The van der Waals surface area contributed by atoms with Gasteiger partial charge in [0.15, 0.2) is 0 Å². The first-order valence-electron chi connectivity index (χ1n) is 5.46. The summed E-state index contributed by atoms with van der Waals surface area (Å²) < 4.78 is 0. The molecular weight excluding hydrogens is 288 g/mol. The molecule has 0 saturated heterocycles. The molecule has 1 atom stereocenters. The zero-order valence-electron chi connectivity index (χ0n) is 10.2. The molecular formula is C12H11ClN2O5. The average Bonchev–Trinajstić information content (AvgIpc) is 2.37. The summed E-state index contributed by atoms with van der Waals surface area (Å²) in [6.45, 7) is 3.38. The smallest absolute Gasteiger partial charge is 0.326 e. The Labute approximate surface area is 119 Å². The van der Waals surface area contributed by atoms with Crippen LogP contribution in [-0.4, -0.2) is 27.9 Å². The van der Waals surface area contributed by atoms with E-state index in [1.54, 1.807) is 0 Å². The first kappa shape index (κ1) is 15.6. The number of para-hydroxylation sites is 1. The predicted molar refractivity (Wildman–Crippen MR) is 71.8 cm³/mol. The summed E-state index contributed by atoms with van der Waals surface area (Å²) in [4.78, 5) is 33.0. The third kappa shape index (κ3) is 3.55. The Morgan fingerprint density at radius 2 is 2.20 bits per heavy atom. The lowest BCUT2D eigenvalue weighted by molar-refractivity contribution is -0.385. The lowest BCUT2D eigenvalue weighted by Gasteiger charge is -2.12. The van der Waals surface area contributed by atoms with Crippen molar-refractivity contribution >= 4 is 29.2 Å². The van der Waals surface area contributed by atoms with Crippen molar-refractivity contribution in [3.05, 3.63) is 51.6 Å². The van der Waals surface area contributed by atoms with Gasteiger partial charge in [0.05, 0.1) is 4.92 Å². The fraction of sp³-hybridized carbons (Fsp3) is 0.167. The minimum absolute atomic E-state index is 0.00453. The summed E-state index contributed by atoms with van der Waals surface area (Å²) in [7, 11) is 0. The van der Waals surface area contributed by atoms with Gasteiger partial charge in [0.25, 0.3) is 5.91 Å². The molecule has 1 aromatic rings. The number of nitro benzene ring substituents is 1. The number of amides is 1. The van der Waals surface area contributed by atoms with Crippen LogP contribution in [0.4, 0.5) is 5.69 Å². The first-order valence-corrected chi connectivity index (χ1v) is 5.83. The van der Waals surface area contributed by atoms with Crippen molar-refractivity contribution in [1.82, 2.24) is 5.32 Å². The van der Waals surface area contributed by atoms with Crippen LogP contribution in [0.3, 0.4) is 0 Å². The Hall–Kier alpha value is -2.41. The van der Waals surface area contributed by atoms with Crippen molar-refractivity contribution in [3.63, 3.8) is 0 Å². The zero-order valence-corrected chi connectivity index (χ0v) is 11.0. The molecule has 1 unspecified atom stereocenters. The number of hydrogen-bond acceptors (Lipinski definition) is 4. The second-order valence-electron chi connectivity index (χ2n) is 3.78. The van der Waals surface area contributed by atoms with E-state index in [0.29, 0.717) is 0 Å². The molecule has 1 rings (SSSR count). The van der Waals surface area contributed by atoms with Gasteiger partial charge in [0.2, 0.25) is 0 Å². The number of aliphatic carboxylic acids is 1. The van der Waals surface area contributed by atoms with Crippen LogP contribution in [0.2, 0.25) is 5.02 Å². The Balaban J connectivity index is 3.09. The van der Waals surface area contributed by atoms with E-state index in [4.69, 9.17) is 16.7 Å². The summed E-state index contributed by atoms with van der Waals surface area (Å²) in [6.07, 6.45) is 1.32. The minimum atomic E-state index is -1.26. The largest absolute Gasteiger partial charge is 0.480 e. The van der Waals surface area contributed by atoms with Gasteiger partial charge in [0.1, 0.15) is 16.6 Å². The third-order valence-corrected chi connectivity index (χ3v) is 2.72. The van der Waals surface area contributed by atoms with Gasteiger partial charge in [-0.05, 0) is 18.6 Å². The van der Waals surface area contributed by atoms with Gasteiger partial charge >= 0.3 is 11.7 Å². The highest BCUT2D eigenvalue weighted by atomic mass is 35.5. The number of halogens is 1. The second kappa shape index (κ2) is 6.67. The first-order chi connectivity index (χ1) is 9.38. The number of carboxylic acids is 1. The number of nitrogens with one attached hydrogen (secondary N) is 1. The molecule has 1 aromatic carbocycles. The molecule has 0 aromatic heterocycles. The van der Waals surface area contributed by atoms with Crippen LogP contribution >= 0.6 is 11.6 Å². The molecule has 0 bridgehead atoms.